The summed E-state index contributed by atoms with van der Waals surface area (Å²) in [5.74, 6) is 0.668. The Morgan fingerprint density at radius 3 is 2.56 bits per heavy atom. The van der Waals surface area contributed by atoms with Crippen LogP contribution in [0.3, 0.4) is 0 Å². The molecule has 220 valence electrons. The summed E-state index contributed by atoms with van der Waals surface area (Å²) < 4.78 is 5.61. The van der Waals surface area contributed by atoms with Crippen molar-refractivity contribution in [2.24, 2.45) is 0 Å². The highest BCUT2D eigenvalue weighted by Gasteiger charge is 2.28. The number of nitrogens with zero attached hydrogens (tertiary/aromatic N) is 4. The number of pyridine rings is 2. The summed E-state index contributed by atoms with van der Waals surface area (Å²) in [5, 5.41) is 14.9. The molecule has 0 bridgehead atoms. The van der Waals surface area contributed by atoms with Crippen LogP contribution in [0.2, 0.25) is 0 Å². The molecule has 0 spiro atoms. The van der Waals surface area contributed by atoms with Crippen LogP contribution in [0.5, 0.6) is 0 Å². The van der Waals surface area contributed by atoms with Crippen molar-refractivity contribution in [3.05, 3.63) is 88.2 Å². The van der Waals surface area contributed by atoms with Gasteiger partial charge in [0.2, 0.25) is 0 Å². The topological polar surface area (TPSA) is 100 Å². The summed E-state index contributed by atoms with van der Waals surface area (Å²) in [5.41, 5.74) is 8.61. The van der Waals surface area contributed by atoms with E-state index in [1.54, 1.807) is 28.6 Å². The number of carbonyl (C=O) groups is 1. The summed E-state index contributed by atoms with van der Waals surface area (Å²) >= 11 is 1.65. The van der Waals surface area contributed by atoms with Crippen molar-refractivity contribution in [2.75, 3.05) is 11.9 Å². The number of rotatable bonds is 5. The van der Waals surface area contributed by atoms with Crippen molar-refractivity contribution in [3.63, 3.8) is 0 Å². The van der Waals surface area contributed by atoms with Crippen molar-refractivity contribution in [1.82, 2.24) is 19.9 Å². The number of hydrogen-bond acceptors (Lipinski definition) is 8. The van der Waals surface area contributed by atoms with E-state index in [0.29, 0.717) is 18.9 Å². The highest BCUT2D eigenvalue weighted by Crippen LogP contribution is 2.39. The van der Waals surface area contributed by atoms with Crippen molar-refractivity contribution >= 4 is 39.8 Å². The monoisotopic (exact) mass is 593 g/mol. The lowest BCUT2D eigenvalue weighted by Crippen LogP contribution is -2.39. The summed E-state index contributed by atoms with van der Waals surface area (Å²) in [6, 6.07) is 16.4. The second-order valence-electron chi connectivity index (χ2n) is 11.9. The number of anilines is 2. The number of carbonyl (C=O) groups excluding carboxylic acids is 1. The molecule has 6 rings (SSSR count). The largest absolute Gasteiger partial charge is 0.444 e. The minimum absolute atomic E-state index is 0.0538. The first kappa shape index (κ1) is 28.8. The number of fused-ring (bicyclic) bond motifs is 2. The molecule has 2 N–H and O–H groups in total. The molecule has 0 aliphatic carbocycles. The molecular formula is C34H35N5O3S. The van der Waals surface area contributed by atoms with Gasteiger partial charge in [0.15, 0.2) is 5.82 Å². The summed E-state index contributed by atoms with van der Waals surface area (Å²) in [6.07, 6.45) is 3.87. The number of hydrogen-bond donors (Lipinski definition) is 2. The van der Waals surface area contributed by atoms with Gasteiger partial charge in [0.1, 0.15) is 16.1 Å². The smallest absolute Gasteiger partial charge is 0.410 e. The zero-order valence-electron chi connectivity index (χ0n) is 25.1. The normalized spacial score (nSPS) is 13.2. The van der Waals surface area contributed by atoms with Crippen molar-refractivity contribution in [1.29, 1.82) is 0 Å². The standard InChI is InChI=1S/C34H35N5O3S/c1-20-24(8-6-10-26(20)32-38-28-13-15-39(18-29(28)43-32)33(41)42-34(3,4)5)25-9-7-11-27(21(25)2)37-31-30-23(12-14-35-31)16-22(19-40)17-36-30/h6-12,14,16-17,40H,13,15,18-19H2,1-5H3,(H,35,37). The number of amides is 1. The Kier molecular flexibility index (Phi) is 7.62. The quantitative estimate of drug-likeness (QED) is 0.217. The summed E-state index contributed by atoms with van der Waals surface area (Å²) in [7, 11) is 0. The predicted octanol–water partition coefficient (Wildman–Crippen LogP) is 7.57. The van der Waals surface area contributed by atoms with E-state index in [1.807, 2.05) is 45.0 Å². The zero-order chi connectivity index (χ0) is 30.3. The Bertz CT molecular complexity index is 1840. The number of benzene rings is 2. The second kappa shape index (κ2) is 11.4. The first-order valence-electron chi connectivity index (χ1n) is 14.4. The van der Waals surface area contributed by atoms with Gasteiger partial charge >= 0.3 is 6.09 Å². The number of nitrogens with one attached hydrogen (secondary N) is 1. The molecule has 8 nitrogen and oxygen atoms in total. The molecule has 0 radical (unpaired) electrons. The number of aromatic nitrogens is 3. The molecule has 1 aliphatic rings. The minimum atomic E-state index is -0.522. The number of ether oxygens (including phenoxy) is 1. The summed E-state index contributed by atoms with van der Waals surface area (Å²) in [6.45, 7) is 11.0. The Balaban J connectivity index is 1.29. The number of aliphatic hydroxyl groups excluding tert-OH is 1. The molecule has 1 amide bonds. The van der Waals surface area contributed by atoms with Crippen LogP contribution in [0.15, 0.2) is 60.9 Å². The third kappa shape index (κ3) is 5.83. The van der Waals surface area contributed by atoms with Crippen LogP contribution in [0.4, 0.5) is 16.3 Å². The molecule has 5 aromatic rings. The minimum Gasteiger partial charge on any atom is -0.444 e. The molecule has 4 heterocycles. The summed E-state index contributed by atoms with van der Waals surface area (Å²) in [4.78, 5) is 29.7. The third-order valence-corrected chi connectivity index (χ3v) is 8.78. The maximum absolute atomic E-state index is 12.7. The average molecular weight is 594 g/mol. The van der Waals surface area contributed by atoms with E-state index in [-0.39, 0.29) is 12.7 Å². The number of aliphatic hydroxyl groups is 1. The van der Waals surface area contributed by atoms with Crippen molar-refractivity contribution in [2.45, 2.75) is 59.8 Å². The van der Waals surface area contributed by atoms with Gasteiger partial charge in [-0.1, -0.05) is 30.3 Å². The maximum atomic E-state index is 12.7. The fraction of sp³-hybridized carbons (Fsp3) is 0.294. The van der Waals surface area contributed by atoms with Crippen LogP contribution >= 0.6 is 11.3 Å². The van der Waals surface area contributed by atoms with Gasteiger partial charge in [0, 0.05) is 46.9 Å². The zero-order valence-corrected chi connectivity index (χ0v) is 25.9. The fourth-order valence-electron chi connectivity index (χ4n) is 5.43. The lowest BCUT2D eigenvalue weighted by Gasteiger charge is -2.29. The van der Waals surface area contributed by atoms with Crippen LogP contribution in [-0.4, -0.2) is 43.2 Å². The molecule has 43 heavy (non-hydrogen) atoms. The highest BCUT2D eigenvalue weighted by molar-refractivity contribution is 7.15. The average Bonchev–Trinajstić information content (AvgIpc) is 3.41. The molecular weight excluding hydrogens is 558 g/mol. The maximum Gasteiger partial charge on any atom is 0.410 e. The number of thiazole rings is 1. The van der Waals surface area contributed by atoms with Gasteiger partial charge < -0.3 is 20.1 Å². The molecule has 2 aromatic carbocycles. The van der Waals surface area contributed by atoms with E-state index in [1.165, 1.54) is 0 Å². The van der Waals surface area contributed by atoms with Crippen LogP contribution in [0.25, 0.3) is 32.6 Å². The molecule has 0 unspecified atom stereocenters. The SMILES string of the molecule is Cc1c(Nc2nccc3cc(CO)cnc23)cccc1-c1cccc(-c2nc3c(s2)CN(C(=O)OC(C)(C)C)CC3)c1C. The molecule has 0 saturated carbocycles. The van der Waals surface area contributed by atoms with Gasteiger partial charge in [0.05, 0.1) is 18.8 Å². The fourth-order valence-corrected chi connectivity index (χ4v) is 6.63. The second-order valence-corrected chi connectivity index (χ2v) is 12.9. The lowest BCUT2D eigenvalue weighted by atomic mass is 9.93. The molecule has 9 heteroatoms. The van der Waals surface area contributed by atoms with E-state index in [9.17, 15) is 9.90 Å². The molecule has 1 aliphatic heterocycles. The van der Waals surface area contributed by atoms with E-state index >= 15 is 0 Å². The van der Waals surface area contributed by atoms with E-state index in [4.69, 9.17) is 9.72 Å². The third-order valence-electron chi connectivity index (χ3n) is 7.66. The Morgan fingerprint density at radius 2 is 1.79 bits per heavy atom. The van der Waals surface area contributed by atoms with Crippen molar-refractivity contribution in [3.8, 4) is 21.7 Å². The van der Waals surface area contributed by atoms with Gasteiger partial charge in [-0.05, 0) is 80.6 Å². The molecule has 0 atom stereocenters. The Hall–Kier alpha value is -4.34. The first-order valence-corrected chi connectivity index (χ1v) is 15.2. The van der Waals surface area contributed by atoms with Crippen LogP contribution < -0.4 is 5.32 Å². The highest BCUT2D eigenvalue weighted by atomic mass is 32.1. The molecule has 0 fully saturated rings. The van der Waals surface area contributed by atoms with Gasteiger partial charge in [-0.25, -0.2) is 14.8 Å². The van der Waals surface area contributed by atoms with E-state index in [0.717, 1.165) is 72.0 Å². The van der Waals surface area contributed by atoms with Crippen molar-refractivity contribution < 1.29 is 14.6 Å². The molecule has 0 saturated heterocycles. The Labute approximate surface area is 255 Å². The van der Waals surface area contributed by atoms with Gasteiger partial charge in [-0.3, -0.25) is 4.98 Å². The van der Waals surface area contributed by atoms with Crippen LogP contribution in [0, 0.1) is 13.8 Å². The van der Waals surface area contributed by atoms with Gasteiger partial charge in [-0.2, -0.15) is 0 Å². The lowest BCUT2D eigenvalue weighted by molar-refractivity contribution is 0.0225. The van der Waals surface area contributed by atoms with E-state index < -0.39 is 5.60 Å². The first-order chi connectivity index (χ1) is 20.6. The van der Waals surface area contributed by atoms with Gasteiger partial charge in [-0.15, -0.1) is 11.3 Å². The van der Waals surface area contributed by atoms with Crippen LogP contribution in [0.1, 0.15) is 48.0 Å². The molecule has 3 aromatic heterocycles. The van der Waals surface area contributed by atoms with E-state index in [2.05, 4.69) is 53.4 Å². The van der Waals surface area contributed by atoms with Gasteiger partial charge in [0.25, 0.3) is 0 Å². The Morgan fingerprint density at radius 1 is 1.05 bits per heavy atom. The van der Waals surface area contributed by atoms with Crippen LogP contribution in [-0.2, 0) is 24.3 Å². The predicted molar refractivity (Wildman–Crippen MR) is 172 cm³/mol.